The number of ether oxygens (including phenoxy) is 1. The van der Waals surface area contributed by atoms with Crippen LogP contribution in [0.4, 0.5) is 8.78 Å². The lowest BCUT2D eigenvalue weighted by Crippen LogP contribution is -2.29. The van der Waals surface area contributed by atoms with Crippen molar-refractivity contribution in [3.8, 4) is 0 Å². The molecule has 1 atom stereocenters. The second-order valence-electron chi connectivity index (χ2n) is 5.40. The molecule has 21 heavy (non-hydrogen) atoms. The zero-order valence-corrected chi connectivity index (χ0v) is 12.2. The smallest absolute Gasteiger partial charge is 0.319 e. The van der Waals surface area contributed by atoms with E-state index < -0.39 is 6.55 Å². The topological polar surface area (TPSA) is 47.4 Å². The predicted octanol–water partition coefficient (Wildman–Crippen LogP) is 2.44. The van der Waals surface area contributed by atoms with Gasteiger partial charge in [-0.25, -0.2) is 4.98 Å². The molecule has 1 aromatic heterocycles. The third kappa shape index (κ3) is 4.49. The Labute approximate surface area is 122 Å². The molecule has 0 aromatic carbocycles. The Balaban J connectivity index is 1.80. The Morgan fingerprint density at radius 3 is 3.10 bits per heavy atom. The molecule has 118 valence electrons. The number of amides is 1. The van der Waals surface area contributed by atoms with E-state index in [9.17, 15) is 13.6 Å². The number of alkyl halides is 2. The van der Waals surface area contributed by atoms with Gasteiger partial charge < -0.3 is 9.64 Å². The van der Waals surface area contributed by atoms with Gasteiger partial charge in [-0.2, -0.15) is 8.78 Å². The monoisotopic (exact) mass is 301 g/mol. The van der Waals surface area contributed by atoms with E-state index in [0.29, 0.717) is 18.9 Å². The molecule has 1 aliphatic rings. The van der Waals surface area contributed by atoms with Crippen LogP contribution < -0.4 is 0 Å². The number of aromatic nitrogens is 2. The average Bonchev–Trinajstić information content (AvgIpc) is 2.94. The number of imidazole rings is 1. The van der Waals surface area contributed by atoms with E-state index in [4.69, 9.17) is 4.74 Å². The minimum absolute atomic E-state index is 0.0515. The molecule has 0 spiro atoms. The Morgan fingerprint density at radius 1 is 1.62 bits per heavy atom. The fourth-order valence-electron chi connectivity index (χ4n) is 2.50. The van der Waals surface area contributed by atoms with Crippen LogP contribution in [0.25, 0.3) is 0 Å². The number of carbonyl (C=O) groups excluding carboxylic acids is 1. The highest BCUT2D eigenvalue weighted by Crippen LogP contribution is 2.19. The lowest BCUT2D eigenvalue weighted by Gasteiger charge is -2.23. The fourth-order valence-corrected chi connectivity index (χ4v) is 2.50. The molecule has 1 fully saturated rings. The summed E-state index contributed by atoms with van der Waals surface area (Å²) in [7, 11) is 1.62. The van der Waals surface area contributed by atoms with Gasteiger partial charge in [-0.3, -0.25) is 9.36 Å². The summed E-state index contributed by atoms with van der Waals surface area (Å²) in [6.07, 6.45) is 5.87. The number of hydrogen-bond acceptors (Lipinski definition) is 3. The van der Waals surface area contributed by atoms with Gasteiger partial charge in [-0.15, -0.1) is 0 Å². The second kappa shape index (κ2) is 7.49. The highest BCUT2D eigenvalue weighted by Gasteiger charge is 2.19. The molecule has 1 aromatic rings. The summed E-state index contributed by atoms with van der Waals surface area (Å²) in [4.78, 5) is 17.4. The van der Waals surface area contributed by atoms with Crippen LogP contribution in [0.1, 0.15) is 38.1 Å². The normalized spacial score (nSPS) is 19.0. The molecule has 1 unspecified atom stereocenters. The molecular formula is C14H21F2N3O2. The first-order chi connectivity index (χ1) is 10.1. The van der Waals surface area contributed by atoms with E-state index >= 15 is 0 Å². The summed E-state index contributed by atoms with van der Waals surface area (Å²) in [5.41, 5.74) is 0. The largest absolute Gasteiger partial charge is 0.381 e. The zero-order chi connectivity index (χ0) is 15.2. The summed E-state index contributed by atoms with van der Waals surface area (Å²) in [5, 5.41) is 0. The third-order valence-corrected chi connectivity index (χ3v) is 3.78. The maximum atomic E-state index is 12.7. The summed E-state index contributed by atoms with van der Waals surface area (Å²) < 4.78 is 31.6. The molecule has 0 radical (unpaired) electrons. The molecule has 5 nitrogen and oxygen atoms in total. The number of hydrogen-bond donors (Lipinski definition) is 0. The zero-order valence-electron chi connectivity index (χ0n) is 12.2. The maximum absolute atomic E-state index is 12.7. The number of nitrogens with zero attached hydrogens (tertiary/aromatic N) is 3. The van der Waals surface area contributed by atoms with E-state index in [1.54, 1.807) is 7.05 Å². The van der Waals surface area contributed by atoms with Gasteiger partial charge in [-0.1, -0.05) is 0 Å². The molecule has 0 bridgehead atoms. The molecule has 2 rings (SSSR count). The van der Waals surface area contributed by atoms with Gasteiger partial charge in [0.1, 0.15) is 5.82 Å². The molecule has 1 saturated heterocycles. The molecular weight excluding hydrogens is 280 g/mol. The highest BCUT2D eigenvalue weighted by molar-refractivity contribution is 5.75. The van der Waals surface area contributed by atoms with Crippen LogP contribution in [0.5, 0.6) is 0 Å². The minimum Gasteiger partial charge on any atom is -0.381 e. The Morgan fingerprint density at radius 2 is 2.43 bits per heavy atom. The van der Waals surface area contributed by atoms with Crippen LogP contribution in [-0.4, -0.2) is 40.6 Å². The van der Waals surface area contributed by atoms with Crippen LogP contribution in [0.15, 0.2) is 12.4 Å². The van der Waals surface area contributed by atoms with Crippen molar-refractivity contribution in [2.75, 3.05) is 20.3 Å². The lowest BCUT2D eigenvalue weighted by molar-refractivity contribution is -0.131. The fraction of sp³-hybridized carbons (Fsp3) is 0.714. The maximum Gasteiger partial charge on any atom is 0.319 e. The van der Waals surface area contributed by atoms with Gasteiger partial charge in [0.05, 0.1) is 6.54 Å². The summed E-state index contributed by atoms with van der Waals surface area (Å²) >= 11 is 0. The van der Waals surface area contributed by atoms with Crippen LogP contribution in [0.3, 0.4) is 0 Å². The standard InChI is InChI=1S/C14H21F2N3O2/c1-18(9-12-17-6-7-19(12)14(15)16)13(20)5-4-11-3-2-8-21-10-11/h6-7,11,14H,2-5,8-10H2,1H3. The van der Waals surface area contributed by atoms with E-state index in [1.165, 1.54) is 17.3 Å². The first-order valence-electron chi connectivity index (χ1n) is 7.19. The predicted molar refractivity (Wildman–Crippen MR) is 72.7 cm³/mol. The van der Waals surface area contributed by atoms with E-state index in [2.05, 4.69) is 4.98 Å². The lowest BCUT2D eigenvalue weighted by atomic mass is 9.97. The Kier molecular flexibility index (Phi) is 5.67. The second-order valence-corrected chi connectivity index (χ2v) is 5.40. The van der Waals surface area contributed by atoms with Crippen molar-refractivity contribution < 1.29 is 18.3 Å². The summed E-state index contributed by atoms with van der Waals surface area (Å²) in [6.45, 7) is -1.02. The third-order valence-electron chi connectivity index (χ3n) is 3.78. The van der Waals surface area contributed by atoms with Crippen molar-refractivity contribution in [2.24, 2.45) is 5.92 Å². The first kappa shape index (κ1) is 15.9. The summed E-state index contributed by atoms with van der Waals surface area (Å²) in [6, 6.07) is 0. The van der Waals surface area contributed by atoms with Crippen molar-refractivity contribution in [1.82, 2.24) is 14.5 Å². The quantitative estimate of drug-likeness (QED) is 0.811. The first-order valence-corrected chi connectivity index (χ1v) is 7.19. The van der Waals surface area contributed by atoms with Gasteiger partial charge in [-0.05, 0) is 25.2 Å². The van der Waals surface area contributed by atoms with Gasteiger partial charge in [0.15, 0.2) is 0 Å². The van der Waals surface area contributed by atoms with Crippen molar-refractivity contribution in [3.63, 3.8) is 0 Å². The van der Waals surface area contributed by atoms with Crippen molar-refractivity contribution >= 4 is 5.91 Å². The van der Waals surface area contributed by atoms with Crippen LogP contribution >= 0.6 is 0 Å². The number of rotatable bonds is 6. The van der Waals surface area contributed by atoms with E-state index in [1.807, 2.05) is 0 Å². The van der Waals surface area contributed by atoms with Crippen molar-refractivity contribution in [3.05, 3.63) is 18.2 Å². The number of halogens is 2. The molecule has 0 aliphatic carbocycles. The SMILES string of the molecule is CN(Cc1nccn1C(F)F)C(=O)CCC1CCCOC1. The summed E-state index contributed by atoms with van der Waals surface area (Å²) in [5.74, 6) is 0.574. The molecule has 0 N–H and O–H groups in total. The van der Waals surface area contributed by atoms with Crippen molar-refractivity contribution in [1.29, 1.82) is 0 Å². The average molecular weight is 301 g/mol. The van der Waals surface area contributed by atoms with Crippen LogP contribution in [0, 0.1) is 5.92 Å². The molecule has 1 amide bonds. The molecule has 7 heteroatoms. The Bertz CT molecular complexity index is 459. The van der Waals surface area contributed by atoms with Crippen LogP contribution in [0.2, 0.25) is 0 Å². The highest BCUT2D eigenvalue weighted by atomic mass is 19.3. The molecule has 1 aliphatic heterocycles. The Hall–Kier alpha value is -1.50. The van der Waals surface area contributed by atoms with Gasteiger partial charge in [0.2, 0.25) is 5.91 Å². The van der Waals surface area contributed by atoms with Crippen molar-refractivity contribution in [2.45, 2.75) is 38.8 Å². The van der Waals surface area contributed by atoms with Crippen LogP contribution in [-0.2, 0) is 16.1 Å². The van der Waals surface area contributed by atoms with Gasteiger partial charge in [0.25, 0.3) is 0 Å². The number of carbonyl (C=O) groups is 1. The van der Waals surface area contributed by atoms with Gasteiger partial charge >= 0.3 is 6.55 Å². The molecule has 0 saturated carbocycles. The van der Waals surface area contributed by atoms with Gasteiger partial charge in [0, 0.05) is 39.1 Å². The molecule has 2 heterocycles. The minimum atomic E-state index is -2.63. The van der Waals surface area contributed by atoms with E-state index in [-0.39, 0.29) is 18.3 Å². The van der Waals surface area contributed by atoms with E-state index in [0.717, 1.165) is 30.4 Å².